The molecule has 0 spiro atoms. The number of nitrogens with one attached hydrogen (secondary N) is 1. The molecule has 0 amide bonds. The number of fused-ring (bicyclic) bond motifs is 1. The molecule has 13 heteroatoms. The van der Waals surface area contributed by atoms with Crippen LogP contribution in [-0.2, 0) is 23.2 Å². The average Bonchev–Trinajstić information content (AvgIpc) is 2.97. The molecule has 0 aliphatic carbocycles. The third kappa shape index (κ3) is 3.14. The van der Waals surface area contributed by atoms with E-state index in [0.717, 1.165) is 22.7 Å². The summed E-state index contributed by atoms with van der Waals surface area (Å²) in [5, 5.41) is 3.02. The summed E-state index contributed by atoms with van der Waals surface area (Å²) in [6.07, 6.45) is -4.73. The lowest BCUT2D eigenvalue weighted by molar-refractivity contribution is -0.136. The van der Waals surface area contributed by atoms with Crippen LogP contribution in [0.25, 0.3) is 5.78 Å². The first-order chi connectivity index (χ1) is 12.0. The molecule has 2 aromatic heterocycles. The molecule has 0 unspecified atom stereocenters. The number of aryl methyl sites for hydroxylation is 1. The van der Waals surface area contributed by atoms with Crippen LogP contribution in [0.5, 0.6) is 0 Å². The largest absolute Gasteiger partial charge is 0.418 e. The SMILES string of the molecule is Cc1nc2nc(S(=O)(=O)Nc3ccccc3C(F)(F)F)nn2c(=S)n1C. The van der Waals surface area contributed by atoms with Gasteiger partial charge in [-0.25, -0.2) is 0 Å². The van der Waals surface area contributed by atoms with Gasteiger partial charge in [0.05, 0.1) is 11.3 Å². The fourth-order valence-corrected chi connectivity index (χ4v) is 3.31. The first-order valence-electron chi connectivity index (χ1n) is 7.00. The molecule has 0 aliphatic rings. The lowest BCUT2D eigenvalue weighted by Gasteiger charge is -2.13. The Hall–Kier alpha value is -2.54. The molecule has 1 N–H and O–H groups in total. The Balaban J connectivity index is 2.09. The minimum atomic E-state index is -4.73. The molecule has 0 atom stereocenters. The van der Waals surface area contributed by atoms with Gasteiger partial charge in [0.25, 0.3) is 21.0 Å². The van der Waals surface area contributed by atoms with Crippen molar-refractivity contribution in [2.45, 2.75) is 18.3 Å². The zero-order valence-electron chi connectivity index (χ0n) is 13.3. The Bertz CT molecular complexity index is 1170. The zero-order valence-corrected chi connectivity index (χ0v) is 14.9. The highest BCUT2D eigenvalue weighted by Crippen LogP contribution is 2.35. The van der Waals surface area contributed by atoms with Crippen LogP contribution in [0, 0.1) is 11.7 Å². The number of anilines is 1. The number of halogens is 3. The van der Waals surface area contributed by atoms with Gasteiger partial charge >= 0.3 is 6.18 Å². The van der Waals surface area contributed by atoms with Crippen molar-refractivity contribution in [2.24, 2.45) is 7.05 Å². The van der Waals surface area contributed by atoms with Gasteiger partial charge in [-0.05, 0) is 31.3 Å². The highest BCUT2D eigenvalue weighted by molar-refractivity contribution is 7.92. The van der Waals surface area contributed by atoms with Crippen LogP contribution in [0.4, 0.5) is 18.9 Å². The first kappa shape index (κ1) is 18.3. The maximum atomic E-state index is 13.0. The number of hydrogen-bond acceptors (Lipinski definition) is 6. The fraction of sp³-hybridized carbons (Fsp3) is 0.231. The number of benzene rings is 1. The van der Waals surface area contributed by atoms with Crippen molar-refractivity contribution in [3.8, 4) is 0 Å². The van der Waals surface area contributed by atoms with Gasteiger partial charge in [-0.3, -0.25) is 4.72 Å². The number of sulfonamides is 1. The predicted molar refractivity (Wildman–Crippen MR) is 87.6 cm³/mol. The van der Waals surface area contributed by atoms with E-state index < -0.39 is 32.6 Å². The lowest BCUT2D eigenvalue weighted by Crippen LogP contribution is -2.18. The summed E-state index contributed by atoms with van der Waals surface area (Å²) in [5.41, 5.74) is -1.76. The third-order valence-corrected chi connectivity index (χ3v) is 5.09. The number of rotatable bonds is 3. The Morgan fingerprint density at radius 3 is 2.50 bits per heavy atom. The summed E-state index contributed by atoms with van der Waals surface area (Å²) in [4.78, 5) is 7.81. The molecule has 1 aromatic carbocycles. The average molecular weight is 404 g/mol. The van der Waals surface area contributed by atoms with E-state index in [1.54, 1.807) is 14.0 Å². The molecule has 3 aromatic rings. The number of para-hydroxylation sites is 1. The van der Waals surface area contributed by atoms with E-state index in [2.05, 4.69) is 15.1 Å². The lowest BCUT2D eigenvalue weighted by atomic mass is 10.2. The first-order valence-corrected chi connectivity index (χ1v) is 8.89. The van der Waals surface area contributed by atoms with Crippen molar-refractivity contribution in [3.05, 3.63) is 40.4 Å². The van der Waals surface area contributed by atoms with E-state index in [0.29, 0.717) is 5.82 Å². The minimum Gasteiger partial charge on any atom is -0.308 e. The second kappa shape index (κ2) is 6.02. The maximum Gasteiger partial charge on any atom is 0.418 e. The van der Waals surface area contributed by atoms with Crippen molar-refractivity contribution >= 4 is 33.7 Å². The summed E-state index contributed by atoms with van der Waals surface area (Å²) in [7, 11) is -2.88. The molecule has 0 bridgehead atoms. The summed E-state index contributed by atoms with van der Waals surface area (Å²) >= 11 is 5.14. The number of aromatic nitrogens is 5. The van der Waals surface area contributed by atoms with Crippen LogP contribution >= 0.6 is 12.2 Å². The van der Waals surface area contributed by atoms with Crippen molar-refractivity contribution in [3.63, 3.8) is 0 Å². The second-order valence-corrected chi connectivity index (χ2v) is 7.20. The topological polar surface area (TPSA) is 94.2 Å². The van der Waals surface area contributed by atoms with Crippen LogP contribution < -0.4 is 4.72 Å². The van der Waals surface area contributed by atoms with E-state index in [-0.39, 0.29) is 10.5 Å². The Morgan fingerprint density at radius 2 is 1.85 bits per heavy atom. The van der Waals surface area contributed by atoms with Gasteiger partial charge in [0.15, 0.2) is 0 Å². The number of nitrogens with zero attached hydrogens (tertiary/aromatic N) is 5. The Labute approximate surface area is 150 Å². The molecule has 26 heavy (non-hydrogen) atoms. The monoisotopic (exact) mass is 404 g/mol. The number of alkyl halides is 3. The molecule has 8 nitrogen and oxygen atoms in total. The molecule has 0 saturated heterocycles. The molecule has 2 heterocycles. The minimum absolute atomic E-state index is 0.0740. The quantitative estimate of drug-likeness (QED) is 0.674. The number of hydrogen-bond donors (Lipinski definition) is 1. The standard InChI is InChI=1S/C13H11F3N6O2S2/c1-7-17-10-18-11(19-22(10)12(25)21(7)2)26(23,24)20-9-6-4-3-5-8(9)13(14,15)16/h3-6,20H,1-2H3. The summed E-state index contributed by atoms with van der Waals surface area (Å²) in [5.74, 6) is 0.393. The molecule has 0 fully saturated rings. The summed E-state index contributed by atoms with van der Waals surface area (Å²) in [6.45, 7) is 1.64. The van der Waals surface area contributed by atoms with Gasteiger partial charge in [-0.15, -0.1) is 5.10 Å². The van der Waals surface area contributed by atoms with Gasteiger partial charge in [0.1, 0.15) is 5.82 Å². The van der Waals surface area contributed by atoms with Crippen molar-refractivity contribution in [1.82, 2.24) is 24.1 Å². The zero-order chi connectivity index (χ0) is 19.3. The molecule has 3 rings (SSSR count). The van der Waals surface area contributed by atoms with E-state index in [4.69, 9.17) is 12.2 Å². The predicted octanol–water partition coefficient (Wildman–Crippen LogP) is 2.32. The van der Waals surface area contributed by atoms with Gasteiger partial charge in [-0.2, -0.15) is 36.1 Å². The van der Waals surface area contributed by atoms with Crippen molar-refractivity contribution in [2.75, 3.05) is 4.72 Å². The summed E-state index contributed by atoms with van der Waals surface area (Å²) in [6, 6.07) is 4.19. The fourth-order valence-electron chi connectivity index (χ4n) is 2.11. The van der Waals surface area contributed by atoms with Crippen LogP contribution in [0.2, 0.25) is 0 Å². The molecular formula is C13H11F3N6O2S2. The van der Waals surface area contributed by atoms with Crippen LogP contribution in [0.1, 0.15) is 11.4 Å². The van der Waals surface area contributed by atoms with Crippen LogP contribution in [-0.4, -0.2) is 32.6 Å². The van der Waals surface area contributed by atoms with Gasteiger partial charge in [-0.1, -0.05) is 12.1 Å². The van der Waals surface area contributed by atoms with Crippen molar-refractivity contribution < 1.29 is 21.6 Å². The molecule has 0 aliphatic heterocycles. The van der Waals surface area contributed by atoms with Gasteiger partial charge in [0.2, 0.25) is 4.77 Å². The van der Waals surface area contributed by atoms with E-state index >= 15 is 0 Å². The maximum absolute atomic E-state index is 13.0. The van der Waals surface area contributed by atoms with E-state index in [1.165, 1.54) is 10.6 Å². The highest BCUT2D eigenvalue weighted by Gasteiger charge is 2.35. The van der Waals surface area contributed by atoms with Crippen molar-refractivity contribution in [1.29, 1.82) is 0 Å². The normalized spacial score (nSPS) is 12.5. The van der Waals surface area contributed by atoms with Gasteiger partial charge in [0, 0.05) is 7.05 Å². The van der Waals surface area contributed by atoms with E-state index in [1.807, 2.05) is 4.72 Å². The highest BCUT2D eigenvalue weighted by atomic mass is 32.2. The Morgan fingerprint density at radius 1 is 1.19 bits per heavy atom. The summed E-state index contributed by atoms with van der Waals surface area (Å²) < 4.78 is 68.5. The van der Waals surface area contributed by atoms with Crippen LogP contribution in [0.3, 0.4) is 0 Å². The second-order valence-electron chi connectivity index (χ2n) is 5.26. The Kier molecular flexibility index (Phi) is 4.23. The van der Waals surface area contributed by atoms with Gasteiger partial charge < -0.3 is 4.57 Å². The molecular weight excluding hydrogens is 393 g/mol. The molecule has 138 valence electrons. The van der Waals surface area contributed by atoms with Crippen LogP contribution in [0.15, 0.2) is 29.4 Å². The third-order valence-electron chi connectivity index (χ3n) is 3.50. The molecule has 0 radical (unpaired) electrons. The van der Waals surface area contributed by atoms with E-state index in [9.17, 15) is 21.6 Å². The molecule has 0 saturated carbocycles. The smallest absolute Gasteiger partial charge is 0.308 e.